The first-order chi connectivity index (χ1) is 10.7. The van der Waals surface area contributed by atoms with Crippen LogP contribution in [0.5, 0.6) is 0 Å². The van der Waals surface area contributed by atoms with Crippen molar-refractivity contribution < 1.29 is 4.79 Å². The van der Waals surface area contributed by atoms with Gasteiger partial charge in [0.15, 0.2) is 5.78 Å². The van der Waals surface area contributed by atoms with Gasteiger partial charge in [-0.2, -0.15) is 5.26 Å². The average Bonchev–Trinajstić information content (AvgIpc) is 2.90. The minimum absolute atomic E-state index is 0.144. The Morgan fingerprint density at radius 3 is 2.86 bits per heavy atom. The molecule has 0 fully saturated rings. The van der Waals surface area contributed by atoms with Gasteiger partial charge in [0.25, 0.3) is 0 Å². The summed E-state index contributed by atoms with van der Waals surface area (Å²) in [6.45, 7) is 4.15. The summed E-state index contributed by atoms with van der Waals surface area (Å²) in [4.78, 5) is 14.7. The van der Waals surface area contributed by atoms with E-state index in [-0.39, 0.29) is 5.78 Å². The molecule has 4 heteroatoms. The Labute approximate surface area is 131 Å². The molecule has 0 saturated heterocycles. The highest BCUT2D eigenvalue weighted by Crippen LogP contribution is 2.22. The number of hydrogen-bond donors (Lipinski definition) is 0. The zero-order valence-corrected chi connectivity index (χ0v) is 13.4. The van der Waals surface area contributed by atoms with Crippen molar-refractivity contribution >= 4 is 16.7 Å². The number of likely N-dealkylation sites (N-methyl/N-ethyl adjacent to an activating group) is 1. The second-order valence-electron chi connectivity index (χ2n) is 5.68. The van der Waals surface area contributed by atoms with Gasteiger partial charge in [0.05, 0.1) is 19.0 Å². The van der Waals surface area contributed by atoms with Crippen molar-refractivity contribution in [1.29, 1.82) is 5.26 Å². The van der Waals surface area contributed by atoms with Crippen LogP contribution < -0.4 is 0 Å². The van der Waals surface area contributed by atoms with E-state index in [9.17, 15) is 4.79 Å². The van der Waals surface area contributed by atoms with Gasteiger partial charge in [-0.3, -0.25) is 9.69 Å². The molecule has 0 spiro atoms. The summed E-state index contributed by atoms with van der Waals surface area (Å²) < 4.78 is 2.01. The monoisotopic (exact) mass is 297 g/mol. The predicted octanol–water partition coefficient (Wildman–Crippen LogP) is 3.47. The molecule has 4 nitrogen and oxygen atoms in total. The Balaban J connectivity index is 2.23. The zero-order valence-electron chi connectivity index (χ0n) is 13.4. The molecule has 2 aromatic rings. The van der Waals surface area contributed by atoms with Crippen molar-refractivity contribution in [3.05, 3.63) is 36.0 Å². The first kappa shape index (κ1) is 16.3. The Bertz CT molecular complexity index is 681. The number of nitrogens with zero attached hydrogens (tertiary/aromatic N) is 3. The molecule has 0 amide bonds. The third-order valence-corrected chi connectivity index (χ3v) is 3.86. The third-order valence-electron chi connectivity index (χ3n) is 3.86. The summed E-state index contributed by atoms with van der Waals surface area (Å²) in [6.07, 6.45) is 4.58. The van der Waals surface area contributed by atoms with E-state index >= 15 is 0 Å². The Morgan fingerprint density at radius 1 is 1.36 bits per heavy atom. The number of hydrogen-bond acceptors (Lipinski definition) is 3. The molecule has 0 aliphatic rings. The second-order valence-corrected chi connectivity index (χ2v) is 5.68. The van der Waals surface area contributed by atoms with Crippen molar-refractivity contribution in [3.63, 3.8) is 0 Å². The molecule has 0 saturated carbocycles. The Hall–Kier alpha value is -2.12. The molecule has 116 valence electrons. The fourth-order valence-electron chi connectivity index (χ4n) is 2.66. The number of Topliss-reactive ketones (excluding diaryl/α,β-unsaturated/α-hetero) is 1. The fraction of sp³-hybridized carbons (Fsp3) is 0.444. The van der Waals surface area contributed by atoms with Crippen molar-refractivity contribution in [2.75, 3.05) is 20.1 Å². The lowest BCUT2D eigenvalue weighted by Gasteiger charge is -2.14. The van der Waals surface area contributed by atoms with E-state index in [1.165, 1.54) is 0 Å². The van der Waals surface area contributed by atoms with Crippen LogP contribution in [0, 0.1) is 11.3 Å². The third kappa shape index (κ3) is 3.75. The van der Waals surface area contributed by atoms with Crippen LogP contribution in [0.4, 0.5) is 0 Å². The van der Waals surface area contributed by atoms with Gasteiger partial charge in [0.2, 0.25) is 0 Å². The van der Waals surface area contributed by atoms with Crippen molar-refractivity contribution in [1.82, 2.24) is 9.47 Å². The highest BCUT2D eigenvalue weighted by atomic mass is 16.1. The molecule has 0 aliphatic heterocycles. The highest BCUT2D eigenvalue weighted by molar-refractivity contribution is 6.09. The predicted molar refractivity (Wildman–Crippen MR) is 88.9 cm³/mol. The lowest BCUT2D eigenvalue weighted by atomic mass is 10.1. The normalized spacial score (nSPS) is 11.0. The number of ketones is 1. The van der Waals surface area contributed by atoms with Crippen molar-refractivity contribution in [3.8, 4) is 6.07 Å². The fourth-order valence-corrected chi connectivity index (χ4v) is 2.66. The summed E-state index contributed by atoms with van der Waals surface area (Å²) in [5.41, 5.74) is 1.79. The van der Waals surface area contributed by atoms with Crippen LogP contribution >= 0.6 is 0 Å². The molecule has 1 heterocycles. The molecule has 1 aromatic carbocycles. The number of rotatable bonds is 8. The topological polar surface area (TPSA) is 49.0 Å². The molecule has 0 radical (unpaired) electrons. The zero-order chi connectivity index (χ0) is 15.9. The smallest absolute Gasteiger partial charge is 0.178 e. The second kappa shape index (κ2) is 7.77. The maximum atomic E-state index is 12.6. The molecular weight excluding hydrogens is 274 g/mol. The lowest BCUT2D eigenvalue weighted by Crippen LogP contribution is -2.26. The van der Waals surface area contributed by atoms with E-state index in [1.807, 2.05) is 42.1 Å². The lowest BCUT2D eigenvalue weighted by molar-refractivity contribution is 0.0947. The van der Waals surface area contributed by atoms with Crippen LogP contribution in [0.2, 0.25) is 0 Å². The van der Waals surface area contributed by atoms with Crippen LogP contribution in [0.25, 0.3) is 10.9 Å². The molecule has 0 unspecified atom stereocenters. The number of nitriles is 1. The van der Waals surface area contributed by atoms with Crippen LogP contribution in [0.15, 0.2) is 30.5 Å². The van der Waals surface area contributed by atoms with E-state index in [1.54, 1.807) is 0 Å². The summed E-state index contributed by atoms with van der Waals surface area (Å²) in [5.74, 6) is 0.144. The molecule has 0 atom stereocenters. The average molecular weight is 297 g/mol. The first-order valence-corrected chi connectivity index (χ1v) is 7.84. The van der Waals surface area contributed by atoms with Gasteiger partial charge < -0.3 is 4.57 Å². The van der Waals surface area contributed by atoms with Gasteiger partial charge in [-0.15, -0.1) is 0 Å². The standard InChI is InChI=1S/C18H23N3O/c1-3-4-11-20(2)14-18(22)16-13-21(12-7-10-19)17-9-6-5-8-15(16)17/h5-6,8-9,13H,3-4,7,11-12,14H2,1-2H3. The van der Waals surface area contributed by atoms with E-state index in [4.69, 9.17) is 5.26 Å². The Morgan fingerprint density at radius 2 is 2.14 bits per heavy atom. The number of para-hydroxylation sites is 1. The molecule has 1 aromatic heterocycles. The number of aryl methyl sites for hydroxylation is 1. The largest absolute Gasteiger partial charge is 0.346 e. The summed E-state index contributed by atoms with van der Waals surface area (Å²) in [6, 6.07) is 10.1. The van der Waals surface area contributed by atoms with Crippen LogP contribution in [-0.4, -0.2) is 35.4 Å². The summed E-state index contributed by atoms with van der Waals surface area (Å²) >= 11 is 0. The van der Waals surface area contributed by atoms with Gasteiger partial charge in [-0.1, -0.05) is 31.5 Å². The molecule has 0 N–H and O–H groups in total. The minimum atomic E-state index is 0.144. The van der Waals surface area contributed by atoms with E-state index in [0.29, 0.717) is 19.5 Å². The van der Waals surface area contributed by atoms with Gasteiger partial charge in [-0.25, -0.2) is 0 Å². The highest BCUT2D eigenvalue weighted by Gasteiger charge is 2.16. The van der Waals surface area contributed by atoms with Gasteiger partial charge in [-0.05, 0) is 26.1 Å². The molecule has 0 bridgehead atoms. The molecule has 22 heavy (non-hydrogen) atoms. The van der Waals surface area contributed by atoms with Crippen molar-refractivity contribution in [2.45, 2.75) is 32.7 Å². The van der Waals surface area contributed by atoms with Crippen LogP contribution in [-0.2, 0) is 6.54 Å². The number of carbonyl (C=O) groups is 1. The van der Waals surface area contributed by atoms with E-state index < -0.39 is 0 Å². The van der Waals surface area contributed by atoms with E-state index in [2.05, 4.69) is 17.9 Å². The molecule has 2 rings (SSSR count). The number of unbranched alkanes of at least 4 members (excludes halogenated alkanes) is 1. The maximum Gasteiger partial charge on any atom is 0.178 e. The summed E-state index contributed by atoms with van der Waals surface area (Å²) in [5, 5.41) is 9.76. The molecule has 0 aliphatic carbocycles. The number of aromatic nitrogens is 1. The van der Waals surface area contributed by atoms with Crippen LogP contribution in [0.1, 0.15) is 36.5 Å². The SMILES string of the molecule is CCCCN(C)CC(=O)c1cn(CCC#N)c2ccccc12. The van der Waals surface area contributed by atoms with Crippen molar-refractivity contribution in [2.24, 2.45) is 0 Å². The number of fused-ring (bicyclic) bond motifs is 1. The maximum absolute atomic E-state index is 12.6. The van der Waals surface area contributed by atoms with Gasteiger partial charge >= 0.3 is 0 Å². The quantitative estimate of drug-likeness (QED) is 0.701. The Kier molecular flexibility index (Phi) is 5.74. The first-order valence-electron chi connectivity index (χ1n) is 7.84. The number of carbonyl (C=O) groups excluding carboxylic acids is 1. The molecular formula is C18H23N3O. The number of benzene rings is 1. The van der Waals surface area contributed by atoms with Crippen LogP contribution in [0.3, 0.4) is 0 Å². The van der Waals surface area contributed by atoms with Gasteiger partial charge in [0, 0.05) is 29.2 Å². The minimum Gasteiger partial charge on any atom is -0.346 e. The summed E-state index contributed by atoms with van der Waals surface area (Å²) in [7, 11) is 1.99. The van der Waals surface area contributed by atoms with E-state index in [0.717, 1.165) is 35.9 Å². The van der Waals surface area contributed by atoms with Gasteiger partial charge in [0.1, 0.15) is 0 Å².